The molecular weight excluding hydrogens is 420 g/mol. The maximum Gasteiger partial charge on any atom is 0.226 e. The van der Waals surface area contributed by atoms with Crippen LogP contribution in [0.4, 0.5) is 0 Å². The predicted octanol–water partition coefficient (Wildman–Crippen LogP) is 3.16. The molecule has 168 valence electrons. The summed E-state index contributed by atoms with van der Waals surface area (Å²) in [5.41, 5.74) is 4.29. The second-order valence-electron chi connectivity index (χ2n) is 8.36. The number of aromatic nitrogens is 1. The molecule has 3 aromatic rings. The van der Waals surface area contributed by atoms with Crippen LogP contribution in [0.15, 0.2) is 53.9 Å². The Kier molecular flexibility index (Phi) is 7.52. The Bertz CT molecular complexity index is 1010. The second-order valence-corrected chi connectivity index (χ2v) is 9.22. The highest BCUT2D eigenvalue weighted by Gasteiger charge is 2.14. The lowest BCUT2D eigenvalue weighted by molar-refractivity contribution is -0.120. The molecule has 2 aromatic carbocycles. The molecule has 1 fully saturated rings. The molecule has 7 heteroatoms. The van der Waals surface area contributed by atoms with Crippen molar-refractivity contribution >= 4 is 17.2 Å². The minimum atomic E-state index is -0.0249. The number of phenols is 1. The Balaban J connectivity index is 1.24. The van der Waals surface area contributed by atoms with E-state index in [-0.39, 0.29) is 18.1 Å². The number of carbonyl (C=O) groups excluding carboxylic acids is 1. The molecule has 2 N–H and O–H groups in total. The van der Waals surface area contributed by atoms with Crippen LogP contribution in [0.25, 0.3) is 10.6 Å². The van der Waals surface area contributed by atoms with E-state index >= 15 is 0 Å². The molecule has 1 saturated heterocycles. The maximum absolute atomic E-state index is 12.3. The summed E-state index contributed by atoms with van der Waals surface area (Å²) in [6.45, 7) is 6.04. The molecule has 32 heavy (non-hydrogen) atoms. The fraction of sp³-hybridized carbons (Fsp3) is 0.360. The van der Waals surface area contributed by atoms with Crippen LogP contribution in [0.2, 0.25) is 0 Å². The minimum Gasteiger partial charge on any atom is -0.508 e. The van der Waals surface area contributed by atoms with Crippen molar-refractivity contribution in [3.63, 3.8) is 0 Å². The van der Waals surface area contributed by atoms with E-state index in [0.717, 1.165) is 61.0 Å². The Labute approximate surface area is 193 Å². The van der Waals surface area contributed by atoms with Gasteiger partial charge in [0.05, 0.1) is 12.1 Å². The third-order valence-electron chi connectivity index (χ3n) is 5.77. The van der Waals surface area contributed by atoms with E-state index in [2.05, 4.69) is 51.4 Å². The van der Waals surface area contributed by atoms with Gasteiger partial charge in [0, 0.05) is 50.2 Å². The molecule has 0 radical (unpaired) electrons. The minimum absolute atomic E-state index is 0.0249. The van der Waals surface area contributed by atoms with Crippen molar-refractivity contribution in [2.45, 2.75) is 19.4 Å². The summed E-state index contributed by atoms with van der Waals surface area (Å²) < 4.78 is 0. The number of carbonyl (C=O) groups is 1. The summed E-state index contributed by atoms with van der Waals surface area (Å²) >= 11 is 1.58. The van der Waals surface area contributed by atoms with Gasteiger partial charge in [-0.1, -0.05) is 36.4 Å². The van der Waals surface area contributed by atoms with Gasteiger partial charge >= 0.3 is 0 Å². The van der Waals surface area contributed by atoms with Gasteiger partial charge in [0.25, 0.3) is 0 Å². The first-order chi connectivity index (χ1) is 15.5. The number of benzene rings is 2. The number of thiazole rings is 1. The highest BCUT2D eigenvalue weighted by Crippen LogP contribution is 2.24. The lowest BCUT2D eigenvalue weighted by atomic mass is 10.1. The fourth-order valence-electron chi connectivity index (χ4n) is 3.77. The number of hydrogen-bond donors (Lipinski definition) is 2. The first-order valence-electron chi connectivity index (χ1n) is 11.0. The highest BCUT2D eigenvalue weighted by atomic mass is 32.1. The predicted molar refractivity (Wildman–Crippen MR) is 129 cm³/mol. The van der Waals surface area contributed by atoms with Crippen LogP contribution in [-0.2, 0) is 24.2 Å². The van der Waals surface area contributed by atoms with Gasteiger partial charge in [-0.15, -0.1) is 11.3 Å². The van der Waals surface area contributed by atoms with Gasteiger partial charge in [-0.2, -0.15) is 0 Å². The normalized spacial score (nSPS) is 15.0. The molecule has 1 aliphatic rings. The number of nitrogens with one attached hydrogen (secondary N) is 1. The Morgan fingerprint density at radius 2 is 1.72 bits per heavy atom. The number of rotatable bonds is 8. The SMILES string of the molecule is CN1CCN(Cc2ccc(-c3nc(CC(=O)NCCc4ccc(O)cc4)cs3)cc2)CC1. The monoisotopic (exact) mass is 450 g/mol. The van der Waals surface area contributed by atoms with Crippen LogP contribution in [0.5, 0.6) is 5.75 Å². The third kappa shape index (κ3) is 6.38. The van der Waals surface area contributed by atoms with Crippen LogP contribution >= 0.6 is 11.3 Å². The zero-order valence-corrected chi connectivity index (χ0v) is 19.3. The molecule has 6 nitrogen and oxygen atoms in total. The zero-order chi connectivity index (χ0) is 22.3. The summed E-state index contributed by atoms with van der Waals surface area (Å²) in [5, 5.41) is 15.2. The molecule has 2 heterocycles. The van der Waals surface area contributed by atoms with Gasteiger partial charge in [-0.3, -0.25) is 9.69 Å². The highest BCUT2D eigenvalue weighted by molar-refractivity contribution is 7.13. The number of piperazine rings is 1. The first-order valence-corrected chi connectivity index (χ1v) is 11.9. The molecule has 0 atom stereocenters. The Hall–Kier alpha value is -2.74. The van der Waals surface area contributed by atoms with Crippen molar-refractivity contribution in [1.82, 2.24) is 20.1 Å². The summed E-state index contributed by atoms with van der Waals surface area (Å²) in [6.07, 6.45) is 1.02. The van der Waals surface area contributed by atoms with E-state index in [1.54, 1.807) is 23.5 Å². The molecule has 0 spiro atoms. The Morgan fingerprint density at radius 1 is 1.03 bits per heavy atom. The topological polar surface area (TPSA) is 68.7 Å². The van der Waals surface area contributed by atoms with Crippen molar-refractivity contribution in [2.75, 3.05) is 39.8 Å². The second kappa shape index (κ2) is 10.7. The summed E-state index contributed by atoms with van der Waals surface area (Å²) in [5.74, 6) is 0.227. The molecule has 4 rings (SSSR count). The van der Waals surface area contributed by atoms with Crippen molar-refractivity contribution in [3.05, 3.63) is 70.7 Å². The molecule has 0 saturated carbocycles. The molecule has 0 bridgehead atoms. The average molecular weight is 451 g/mol. The number of amides is 1. The molecule has 1 amide bonds. The van der Waals surface area contributed by atoms with Crippen LogP contribution in [0.1, 0.15) is 16.8 Å². The molecular formula is C25H30N4O2S. The van der Waals surface area contributed by atoms with Gasteiger partial charge in [0.1, 0.15) is 10.8 Å². The number of aromatic hydroxyl groups is 1. The quantitative estimate of drug-likeness (QED) is 0.552. The van der Waals surface area contributed by atoms with Crippen LogP contribution < -0.4 is 5.32 Å². The van der Waals surface area contributed by atoms with E-state index in [0.29, 0.717) is 6.54 Å². The average Bonchev–Trinajstić information content (AvgIpc) is 3.25. The van der Waals surface area contributed by atoms with Crippen molar-refractivity contribution in [2.24, 2.45) is 0 Å². The summed E-state index contributed by atoms with van der Waals surface area (Å²) in [4.78, 5) is 21.8. The van der Waals surface area contributed by atoms with Crippen LogP contribution in [-0.4, -0.2) is 65.6 Å². The van der Waals surface area contributed by atoms with Gasteiger partial charge in [-0.25, -0.2) is 4.98 Å². The largest absolute Gasteiger partial charge is 0.508 e. The summed E-state index contributed by atoms with van der Waals surface area (Å²) in [7, 11) is 2.18. The van der Waals surface area contributed by atoms with Crippen molar-refractivity contribution in [1.29, 1.82) is 0 Å². The van der Waals surface area contributed by atoms with E-state index < -0.39 is 0 Å². The van der Waals surface area contributed by atoms with E-state index in [4.69, 9.17) is 0 Å². The number of hydrogen-bond acceptors (Lipinski definition) is 6. The van der Waals surface area contributed by atoms with Gasteiger partial charge < -0.3 is 15.3 Å². The van der Waals surface area contributed by atoms with Crippen LogP contribution in [0, 0.1) is 0 Å². The molecule has 1 aromatic heterocycles. The van der Waals surface area contributed by atoms with Crippen molar-refractivity contribution in [3.8, 4) is 16.3 Å². The van der Waals surface area contributed by atoms with Crippen molar-refractivity contribution < 1.29 is 9.90 Å². The lowest BCUT2D eigenvalue weighted by Gasteiger charge is -2.32. The number of phenolic OH excluding ortho intramolecular Hbond substituents is 1. The zero-order valence-electron chi connectivity index (χ0n) is 18.5. The van der Waals surface area contributed by atoms with E-state index in [9.17, 15) is 9.90 Å². The smallest absolute Gasteiger partial charge is 0.226 e. The number of likely N-dealkylation sites (N-methyl/N-ethyl adjacent to an activating group) is 1. The molecule has 0 unspecified atom stereocenters. The Morgan fingerprint density at radius 3 is 2.44 bits per heavy atom. The summed E-state index contributed by atoms with van der Waals surface area (Å²) in [6, 6.07) is 15.7. The van der Waals surface area contributed by atoms with Gasteiger partial charge in [0.2, 0.25) is 5.91 Å². The first kappa shape index (κ1) is 22.5. The fourth-order valence-corrected chi connectivity index (χ4v) is 4.60. The van der Waals surface area contributed by atoms with Crippen LogP contribution in [0.3, 0.4) is 0 Å². The molecule has 0 aliphatic carbocycles. The van der Waals surface area contributed by atoms with E-state index in [1.165, 1.54) is 5.56 Å². The van der Waals surface area contributed by atoms with Gasteiger partial charge in [0.15, 0.2) is 0 Å². The number of nitrogens with zero attached hydrogens (tertiary/aromatic N) is 3. The maximum atomic E-state index is 12.3. The van der Waals surface area contributed by atoms with E-state index in [1.807, 2.05) is 17.5 Å². The van der Waals surface area contributed by atoms with Gasteiger partial charge in [-0.05, 0) is 36.7 Å². The standard InChI is InChI=1S/C25H30N4O2S/c1-28-12-14-29(15-13-28)17-20-2-6-21(7-3-20)25-27-22(18-32-25)16-24(31)26-11-10-19-4-8-23(30)9-5-19/h2-9,18,30H,10-17H2,1H3,(H,26,31). The third-order valence-corrected chi connectivity index (χ3v) is 6.71. The lowest BCUT2D eigenvalue weighted by Crippen LogP contribution is -2.43. The molecule has 1 aliphatic heterocycles.